The summed E-state index contributed by atoms with van der Waals surface area (Å²) in [7, 11) is 0. The van der Waals surface area contributed by atoms with Crippen molar-refractivity contribution in [3.05, 3.63) is 10.6 Å². The fourth-order valence-electron chi connectivity index (χ4n) is 3.68. The zero-order valence-corrected chi connectivity index (χ0v) is 13.6. The lowest BCUT2D eigenvalue weighted by molar-refractivity contribution is 0.0256. The van der Waals surface area contributed by atoms with Crippen LogP contribution in [0.5, 0.6) is 0 Å². The fraction of sp³-hybridized carbons (Fsp3) is 0.812. The van der Waals surface area contributed by atoms with E-state index in [1.807, 2.05) is 11.3 Å². The molecule has 1 aromatic rings. The van der Waals surface area contributed by atoms with Crippen molar-refractivity contribution in [3.8, 4) is 0 Å². The molecule has 0 radical (unpaired) electrons. The number of aromatic nitrogens is 1. The van der Waals surface area contributed by atoms with Gasteiger partial charge in [-0.3, -0.25) is 0 Å². The van der Waals surface area contributed by atoms with Crippen LogP contribution in [0.1, 0.15) is 55.5 Å². The molecular weight excluding hydrogens is 282 g/mol. The first-order valence-electron chi connectivity index (χ1n) is 8.45. The van der Waals surface area contributed by atoms with Crippen molar-refractivity contribution in [2.45, 2.75) is 63.6 Å². The second-order valence-electron chi connectivity index (χ2n) is 6.46. The number of ether oxygens (including phenoxy) is 1. The van der Waals surface area contributed by atoms with Crippen molar-refractivity contribution < 1.29 is 4.74 Å². The van der Waals surface area contributed by atoms with Crippen LogP contribution in [-0.4, -0.2) is 36.8 Å². The first-order valence-corrected chi connectivity index (χ1v) is 9.27. The molecule has 2 aliphatic carbocycles. The van der Waals surface area contributed by atoms with Gasteiger partial charge < -0.3 is 15.0 Å². The average Bonchev–Trinajstić information content (AvgIpc) is 3.09. The SMILES string of the molecule is CCNCc1sc(N2CCOC3CCCC32)nc1C1CC1. The Bertz CT molecular complexity index is 500. The van der Waals surface area contributed by atoms with Crippen molar-refractivity contribution in [2.24, 2.45) is 0 Å². The maximum absolute atomic E-state index is 5.94. The van der Waals surface area contributed by atoms with Crippen LogP contribution in [0.2, 0.25) is 0 Å². The zero-order valence-electron chi connectivity index (χ0n) is 12.8. The molecular formula is C16H25N3OS. The zero-order chi connectivity index (χ0) is 14.2. The van der Waals surface area contributed by atoms with E-state index in [1.54, 1.807) is 0 Å². The largest absolute Gasteiger partial charge is 0.374 e. The molecule has 0 aromatic carbocycles. The highest BCUT2D eigenvalue weighted by Gasteiger charge is 2.38. The van der Waals surface area contributed by atoms with Crippen LogP contribution in [-0.2, 0) is 11.3 Å². The Morgan fingerprint density at radius 2 is 2.24 bits per heavy atom. The summed E-state index contributed by atoms with van der Waals surface area (Å²) in [4.78, 5) is 9.07. The summed E-state index contributed by atoms with van der Waals surface area (Å²) < 4.78 is 5.94. The molecule has 3 fully saturated rings. The van der Waals surface area contributed by atoms with Crippen LogP contribution in [0.3, 0.4) is 0 Å². The summed E-state index contributed by atoms with van der Waals surface area (Å²) in [5.41, 5.74) is 1.39. The van der Waals surface area contributed by atoms with Gasteiger partial charge in [0.25, 0.3) is 0 Å². The lowest BCUT2D eigenvalue weighted by Crippen LogP contribution is -2.48. The van der Waals surface area contributed by atoms with Crippen LogP contribution >= 0.6 is 11.3 Å². The lowest BCUT2D eigenvalue weighted by atomic mass is 10.1. The summed E-state index contributed by atoms with van der Waals surface area (Å²) in [6.45, 7) is 6.06. The van der Waals surface area contributed by atoms with Crippen molar-refractivity contribution in [3.63, 3.8) is 0 Å². The Morgan fingerprint density at radius 3 is 3.05 bits per heavy atom. The third kappa shape index (κ3) is 2.71. The second kappa shape index (κ2) is 5.86. The van der Waals surface area contributed by atoms with Gasteiger partial charge in [-0.25, -0.2) is 4.98 Å². The molecule has 21 heavy (non-hydrogen) atoms. The molecule has 3 aliphatic rings. The van der Waals surface area contributed by atoms with Gasteiger partial charge in [0.15, 0.2) is 5.13 Å². The van der Waals surface area contributed by atoms with E-state index in [4.69, 9.17) is 9.72 Å². The van der Waals surface area contributed by atoms with Gasteiger partial charge in [0.1, 0.15) is 0 Å². The standard InChI is InChI=1S/C16H25N3OS/c1-2-17-10-14-15(11-6-7-11)18-16(21-14)19-8-9-20-13-5-3-4-12(13)19/h11-13,17H,2-10H2,1H3. The van der Waals surface area contributed by atoms with E-state index in [9.17, 15) is 0 Å². The molecule has 0 spiro atoms. The highest BCUT2D eigenvalue weighted by atomic mass is 32.1. The first kappa shape index (κ1) is 14.0. The van der Waals surface area contributed by atoms with Gasteiger partial charge in [0.05, 0.1) is 24.4 Å². The summed E-state index contributed by atoms with van der Waals surface area (Å²) in [6.07, 6.45) is 6.91. The Kier molecular flexibility index (Phi) is 3.90. The molecule has 0 amide bonds. The Hall–Kier alpha value is -0.650. The van der Waals surface area contributed by atoms with E-state index in [0.29, 0.717) is 12.1 Å². The fourth-order valence-corrected chi connectivity index (χ4v) is 4.88. The van der Waals surface area contributed by atoms with Gasteiger partial charge in [-0.05, 0) is 38.6 Å². The Labute approximate surface area is 130 Å². The summed E-state index contributed by atoms with van der Waals surface area (Å²) in [6, 6.07) is 0.573. The third-order valence-electron chi connectivity index (χ3n) is 4.94. The van der Waals surface area contributed by atoms with E-state index in [1.165, 1.54) is 47.8 Å². The molecule has 2 saturated carbocycles. The lowest BCUT2D eigenvalue weighted by Gasteiger charge is -2.37. The van der Waals surface area contributed by atoms with Crippen LogP contribution in [0.4, 0.5) is 5.13 Å². The highest BCUT2D eigenvalue weighted by Crippen LogP contribution is 2.45. The average molecular weight is 307 g/mol. The number of morpholine rings is 1. The number of fused-ring (bicyclic) bond motifs is 1. The highest BCUT2D eigenvalue weighted by molar-refractivity contribution is 7.15. The molecule has 1 N–H and O–H groups in total. The molecule has 4 nitrogen and oxygen atoms in total. The monoisotopic (exact) mass is 307 g/mol. The van der Waals surface area contributed by atoms with Crippen LogP contribution in [0.15, 0.2) is 0 Å². The number of thiazole rings is 1. The Balaban J connectivity index is 1.58. The van der Waals surface area contributed by atoms with Crippen molar-refractivity contribution >= 4 is 16.5 Å². The molecule has 1 aliphatic heterocycles. The quantitative estimate of drug-likeness (QED) is 0.907. The molecule has 5 heteroatoms. The van der Waals surface area contributed by atoms with Crippen LogP contribution in [0, 0.1) is 0 Å². The summed E-state index contributed by atoms with van der Waals surface area (Å²) >= 11 is 1.92. The van der Waals surface area contributed by atoms with Crippen molar-refractivity contribution in [1.82, 2.24) is 10.3 Å². The number of anilines is 1. The molecule has 2 unspecified atom stereocenters. The Morgan fingerprint density at radius 1 is 1.33 bits per heavy atom. The minimum absolute atomic E-state index is 0.448. The molecule has 0 bridgehead atoms. The molecule has 1 saturated heterocycles. The van der Waals surface area contributed by atoms with Gasteiger partial charge in [-0.15, -0.1) is 11.3 Å². The van der Waals surface area contributed by atoms with E-state index in [-0.39, 0.29) is 0 Å². The number of hydrogen-bond acceptors (Lipinski definition) is 5. The van der Waals surface area contributed by atoms with Gasteiger partial charge >= 0.3 is 0 Å². The molecule has 4 rings (SSSR count). The van der Waals surface area contributed by atoms with Gasteiger partial charge in [0.2, 0.25) is 0 Å². The minimum Gasteiger partial charge on any atom is -0.374 e. The predicted molar refractivity (Wildman–Crippen MR) is 86.2 cm³/mol. The van der Waals surface area contributed by atoms with E-state index in [0.717, 1.165) is 32.2 Å². The van der Waals surface area contributed by atoms with Crippen molar-refractivity contribution in [1.29, 1.82) is 0 Å². The van der Waals surface area contributed by atoms with Crippen molar-refractivity contribution in [2.75, 3.05) is 24.6 Å². The molecule has 2 heterocycles. The molecule has 2 atom stereocenters. The molecule has 1 aromatic heterocycles. The van der Waals surface area contributed by atoms with Crippen LogP contribution < -0.4 is 10.2 Å². The maximum atomic E-state index is 5.94. The van der Waals surface area contributed by atoms with E-state index >= 15 is 0 Å². The van der Waals surface area contributed by atoms with Gasteiger partial charge in [-0.1, -0.05) is 6.92 Å². The summed E-state index contributed by atoms with van der Waals surface area (Å²) in [5, 5.41) is 4.73. The maximum Gasteiger partial charge on any atom is 0.186 e. The van der Waals surface area contributed by atoms with E-state index < -0.39 is 0 Å². The first-order chi connectivity index (χ1) is 10.4. The molecule has 116 valence electrons. The second-order valence-corrected chi connectivity index (χ2v) is 7.52. The topological polar surface area (TPSA) is 37.4 Å². The van der Waals surface area contributed by atoms with E-state index in [2.05, 4.69) is 17.1 Å². The number of hydrogen-bond donors (Lipinski definition) is 1. The minimum atomic E-state index is 0.448. The number of nitrogens with one attached hydrogen (secondary N) is 1. The summed E-state index contributed by atoms with van der Waals surface area (Å²) in [5.74, 6) is 0.740. The predicted octanol–water partition coefficient (Wildman–Crippen LogP) is 2.89. The van der Waals surface area contributed by atoms with Gasteiger partial charge in [-0.2, -0.15) is 0 Å². The number of rotatable bonds is 5. The van der Waals surface area contributed by atoms with Crippen LogP contribution in [0.25, 0.3) is 0 Å². The number of nitrogens with zero attached hydrogens (tertiary/aromatic N) is 2. The third-order valence-corrected chi connectivity index (χ3v) is 6.05. The van der Waals surface area contributed by atoms with Gasteiger partial charge in [0, 0.05) is 23.9 Å². The normalized spacial score (nSPS) is 28.9. The smallest absolute Gasteiger partial charge is 0.186 e.